The Kier molecular flexibility index (Phi) is 6.09. The molecule has 0 N–H and O–H groups in total. The molecule has 1 aliphatic heterocycles. The Bertz CT molecular complexity index is 923. The van der Waals surface area contributed by atoms with E-state index < -0.39 is 0 Å². The van der Waals surface area contributed by atoms with Crippen molar-refractivity contribution in [2.45, 2.75) is 64.6 Å². The molecule has 1 saturated heterocycles. The van der Waals surface area contributed by atoms with Gasteiger partial charge < -0.3 is 14.2 Å². The minimum Gasteiger partial charge on any atom is -0.419 e. The first-order chi connectivity index (χ1) is 14.4. The largest absolute Gasteiger partial charge is 0.419 e. The summed E-state index contributed by atoms with van der Waals surface area (Å²) in [7, 11) is 0. The molecule has 30 heavy (non-hydrogen) atoms. The number of likely N-dealkylation sites (tertiary alicyclic amines) is 1. The van der Waals surface area contributed by atoms with Crippen molar-refractivity contribution in [1.29, 1.82) is 0 Å². The first kappa shape index (κ1) is 20.8. The van der Waals surface area contributed by atoms with Gasteiger partial charge in [-0.1, -0.05) is 36.6 Å². The number of carbonyl (C=O) groups excluding carboxylic acids is 2. The zero-order valence-corrected chi connectivity index (χ0v) is 18.1. The van der Waals surface area contributed by atoms with E-state index in [-0.39, 0.29) is 36.7 Å². The molecule has 1 aromatic heterocycles. The second-order valence-corrected chi connectivity index (χ2v) is 8.83. The molecule has 0 bridgehead atoms. The Morgan fingerprint density at radius 1 is 1.27 bits per heavy atom. The van der Waals surface area contributed by atoms with Crippen LogP contribution in [0.1, 0.15) is 51.8 Å². The van der Waals surface area contributed by atoms with Crippen molar-refractivity contribution in [3.8, 4) is 11.5 Å². The van der Waals surface area contributed by atoms with Gasteiger partial charge >= 0.3 is 0 Å². The van der Waals surface area contributed by atoms with E-state index in [9.17, 15) is 9.59 Å². The Labute approximate surface area is 181 Å². The summed E-state index contributed by atoms with van der Waals surface area (Å²) in [5.41, 5.74) is 0.661. The fourth-order valence-corrected chi connectivity index (χ4v) is 4.64. The molecular weight excluding hydrogens is 404 g/mol. The number of carbonyl (C=O) groups is 2. The van der Waals surface area contributed by atoms with Crippen molar-refractivity contribution in [3.63, 3.8) is 0 Å². The van der Waals surface area contributed by atoms with Crippen LogP contribution in [0.4, 0.5) is 0 Å². The standard InChI is InChI=1S/C22H27ClN4O3/c1-14(2)26(13-19-24-25-21(30-19)17-9-5-6-10-18(17)23)22(29)15-11-20(28)27(12-15)16-7-3-4-8-16/h5-6,9-10,14-16H,3-4,7-8,11-13H2,1-2H3/t15-/m0/s1. The fourth-order valence-electron chi connectivity index (χ4n) is 4.42. The van der Waals surface area contributed by atoms with Gasteiger partial charge in [-0.25, -0.2) is 0 Å². The number of nitrogens with zero attached hydrogens (tertiary/aromatic N) is 4. The molecule has 2 aliphatic rings. The van der Waals surface area contributed by atoms with E-state index in [0.29, 0.717) is 35.0 Å². The van der Waals surface area contributed by atoms with Crippen LogP contribution in [0.15, 0.2) is 28.7 Å². The average Bonchev–Trinajstić information content (AvgIpc) is 3.46. The van der Waals surface area contributed by atoms with Crippen molar-refractivity contribution in [2.24, 2.45) is 5.92 Å². The average molecular weight is 431 g/mol. The molecule has 1 aliphatic carbocycles. The third kappa shape index (κ3) is 4.21. The monoisotopic (exact) mass is 430 g/mol. The highest BCUT2D eigenvalue weighted by atomic mass is 35.5. The molecule has 7 nitrogen and oxygen atoms in total. The lowest BCUT2D eigenvalue weighted by atomic mass is 10.1. The number of halogens is 1. The quantitative estimate of drug-likeness (QED) is 0.693. The number of rotatable bonds is 6. The predicted octanol–water partition coefficient (Wildman–Crippen LogP) is 3.92. The Morgan fingerprint density at radius 3 is 2.70 bits per heavy atom. The van der Waals surface area contributed by atoms with Crippen molar-refractivity contribution in [3.05, 3.63) is 35.2 Å². The fraction of sp³-hybridized carbons (Fsp3) is 0.545. The zero-order valence-electron chi connectivity index (χ0n) is 17.4. The van der Waals surface area contributed by atoms with E-state index >= 15 is 0 Å². The third-order valence-electron chi connectivity index (χ3n) is 6.06. The second kappa shape index (κ2) is 8.76. The Hall–Kier alpha value is -2.41. The first-order valence-electron chi connectivity index (χ1n) is 10.6. The maximum Gasteiger partial charge on any atom is 0.249 e. The maximum absolute atomic E-state index is 13.3. The predicted molar refractivity (Wildman–Crippen MR) is 113 cm³/mol. The summed E-state index contributed by atoms with van der Waals surface area (Å²) in [6.07, 6.45) is 4.71. The molecule has 2 amide bonds. The van der Waals surface area contributed by atoms with Crippen LogP contribution in [0.5, 0.6) is 0 Å². The maximum atomic E-state index is 13.3. The molecule has 2 aromatic rings. The molecule has 0 unspecified atom stereocenters. The van der Waals surface area contributed by atoms with Gasteiger partial charge in [0.2, 0.25) is 23.6 Å². The van der Waals surface area contributed by atoms with Gasteiger partial charge in [-0.05, 0) is 38.8 Å². The molecule has 8 heteroatoms. The highest BCUT2D eigenvalue weighted by molar-refractivity contribution is 6.33. The second-order valence-electron chi connectivity index (χ2n) is 8.43. The van der Waals surface area contributed by atoms with Crippen molar-refractivity contribution in [2.75, 3.05) is 6.54 Å². The first-order valence-corrected chi connectivity index (χ1v) is 11.0. The van der Waals surface area contributed by atoms with Gasteiger partial charge in [0.1, 0.15) is 0 Å². The molecule has 4 rings (SSSR count). The minimum absolute atomic E-state index is 0.0312. The summed E-state index contributed by atoms with van der Waals surface area (Å²) in [5, 5.41) is 8.73. The van der Waals surface area contributed by atoms with Crippen LogP contribution in [-0.2, 0) is 16.1 Å². The lowest BCUT2D eigenvalue weighted by molar-refractivity contribution is -0.138. The highest BCUT2D eigenvalue weighted by Crippen LogP contribution is 2.31. The van der Waals surface area contributed by atoms with Crippen LogP contribution in [-0.4, -0.2) is 50.4 Å². The van der Waals surface area contributed by atoms with E-state index in [1.807, 2.05) is 36.9 Å². The van der Waals surface area contributed by atoms with E-state index in [1.54, 1.807) is 11.0 Å². The van der Waals surface area contributed by atoms with E-state index in [4.69, 9.17) is 16.0 Å². The van der Waals surface area contributed by atoms with Crippen LogP contribution in [0.2, 0.25) is 5.02 Å². The van der Waals surface area contributed by atoms with E-state index in [2.05, 4.69) is 10.2 Å². The molecule has 0 spiro atoms. The van der Waals surface area contributed by atoms with Gasteiger partial charge in [0.05, 0.1) is 23.0 Å². The summed E-state index contributed by atoms with van der Waals surface area (Å²) in [6, 6.07) is 7.51. The molecule has 1 atom stereocenters. The number of hydrogen-bond donors (Lipinski definition) is 0. The summed E-state index contributed by atoms with van der Waals surface area (Å²) < 4.78 is 5.79. The molecule has 2 heterocycles. The number of aromatic nitrogens is 2. The van der Waals surface area contributed by atoms with Crippen molar-refractivity contribution in [1.82, 2.24) is 20.0 Å². The lowest BCUT2D eigenvalue weighted by Gasteiger charge is -2.28. The molecule has 1 aromatic carbocycles. The van der Waals surface area contributed by atoms with Crippen LogP contribution >= 0.6 is 11.6 Å². The normalized spacial score (nSPS) is 19.8. The molecule has 2 fully saturated rings. The highest BCUT2D eigenvalue weighted by Gasteiger charge is 2.40. The molecule has 0 radical (unpaired) electrons. The number of amides is 2. The minimum atomic E-state index is -0.313. The molecule has 160 valence electrons. The molecular formula is C22H27ClN4O3. The SMILES string of the molecule is CC(C)N(Cc1nnc(-c2ccccc2Cl)o1)C(=O)[C@H]1CC(=O)N(C2CCCC2)C1. The van der Waals surface area contributed by atoms with Crippen LogP contribution in [0.25, 0.3) is 11.5 Å². The van der Waals surface area contributed by atoms with Crippen LogP contribution < -0.4 is 0 Å². The number of hydrogen-bond acceptors (Lipinski definition) is 5. The smallest absolute Gasteiger partial charge is 0.249 e. The Morgan fingerprint density at radius 2 is 2.00 bits per heavy atom. The van der Waals surface area contributed by atoms with Gasteiger partial charge in [0.15, 0.2) is 0 Å². The van der Waals surface area contributed by atoms with Gasteiger partial charge in [-0.15, -0.1) is 10.2 Å². The summed E-state index contributed by atoms with van der Waals surface area (Å²) >= 11 is 6.21. The van der Waals surface area contributed by atoms with Gasteiger partial charge in [0.25, 0.3) is 0 Å². The van der Waals surface area contributed by atoms with Crippen molar-refractivity contribution < 1.29 is 14.0 Å². The Balaban J connectivity index is 1.46. The summed E-state index contributed by atoms with van der Waals surface area (Å²) in [6.45, 7) is 4.63. The third-order valence-corrected chi connectivity index (χ3v) is 6.39. The van der Waals surface area contributed by atoms with Crippen LogP contribution in [0, 0.1) is 5.92 Å². The van der Waals surface area contributed by atoms with Crippen molar-refractivity contribution >= 4 is 23.4 Å². The number of benzene rings is 1. The zero-order chi connectivity index (χ0) is 21.3. The van der Waals surface area contributed by atoms with E-state index in [1.165, 1.54) is 0 Å². The summed E-state index contributed by atoms with van der Waals surface area (Å²) in [5.74, 6) is 0.435. The van der Waals surface area contributed by atoms with Gasteiger partial charge in [-0.2, -0.15) is 0 Å². The van der Waals surface area contributed by atoms with E-state index in [0.717, 1.165) is 25.7 Å². The summed E-state index contributed by atoms with van der Waals surface area (Å²) in [4.78, 5) is 29.4. The van der Waals surface area contributed by atoms with Crippen LogP contribution in [0.3, 0.4) is 0 Å². The topological polar surface area (TPSA) is 79.5 Å². The van der Waals surface area contributed by atoms with Gasteiger partial charge in [-0.3, -0.25) is 9.59 Å². The van der Waals surface area contributed by atoms with Gasteiger partial charge in [0, 0.05) is 25.0 Å². The lowest BCUT2D eigenvalue weighted by Crippen LogP contribution is -2.42. The molecule has 1 saturated carbocycles.